The molecule has 0 aliphatic heterocycles. The highest BCUT2D eigenvalue weighted by Gasteiger charge is 2.58. The Morgan fingerprint density at radius 2 is 0.741 bits per heavy atom. The normalized spacial score (nSPS) is 14.8. The third kappa shape index (κ3) is 9.31. The van der Waals surface area contributed by atoms with E-state index in [-0.39, 0.29) is 38.5 Å². The molecule has 0 spiro atoms. The molecule has 6 aromatic carbocycles. The van der Waals surface area contributed by atoms with E-state index < -0.39 is 40.5 Å². The molecule has 296 valence electrons. The van der Waals surface area contributed by atoms with E-state index in [4.69, 9.17) is 5.73 Å². The van der Waals surface area contributed by atoms with Crippen molar-refractivity contribution in [2.24, 2.45) is 11.1 Å². The first-order valence-corrected chi connectivity index (χ1v) is 20.5. The Labute approximate surface area is 343 Å². The molecule has 6 aromatic rings. The molecule has 2 amide bonds. The van der Waals surface area contributed by atoms with Gasteiger partial charge in [0.2, 0.25) is 11.8 Å². The topological polar surface area (TPSA) is 104 Å². The van der Waals surface area contributed by atoms with Crippen LogP contribution in [0.25, 0.3) is 0 Å². The van der Waals surface area contributed by atoms with E-state index in [1.54, 1.807) is 4.90 Å². The quantitative estimate of drug-likeness (QED) is 0.0769. The molecular weight excluding hydrogens is 717 g/mol. The Morgan fingerprint density at radius 1 is 0.483 bits per heavy atom. The van der Waals surface area contributed by atoms with Crippen LogP contribution in [0.5, 0.6) is 0 Å². The second kappa shape index (κ2) is 18.2. The Kier molecular flexibility index (Phi) is 12.7. The van der Waals surface area contributed by atoms with Gasteiger partial charge in [0.15, 0.2) is 0 Å². The molecule has 0 saturated heterocycles. The van der Waals surface area contributed by atoms with E-state index in [0.717, 1.165) is 33.4 Å². The molecule has 0 heterocycles. The zero-order chi connectivity index (χ0) is 40.4. The molecule has 6 heteroatoms. The third-order valence-electron chi connectivity index (χ3n) is 12.2. The Bertz CT molecular complexity index is 1970. The van der Waals surface area contributed by atoms with Crippen LogP contribution in [0, 0.1) is 5.41 Å². The number of carbonyl (C=O) groups is 2. The molecule has 1 saturated carbocycles. The molecule has 0 aromatic heterocycles. The standard InChI is InChI=1S/C52H54N2O4/c53-48(55)50(32-19-33-50)49(56)54(46(34-40-20-7-1-8-21-40)51(57,36-42-24-11-3-12-25-42)37-43-26-13-4-14-27-43)47(35-41-22-9-2-10-23-41)52(58,38-44-28-15-5-16-29-44)39-45-30-17-6-18-31-45/h1-18,20-31,46-47,57-58H,19,32-39H2,(H2,53,55). The zero-order valence-corrected chi connectivity index (χ0v) is 33.1. The first-order valence-electron chi connectivity index (χ1n) is 20.5. The lowest BCUT2D eigenvalue weighted by Crippen LogP contribution is -2.70. The number of amides is 2. The molecule has 2 atom stereocenters. The second-order valence-electron chi connectivity index (χ2n) is 16.3. The molecule has 2 unspecified atom stereocenters. The van der Waals surface area contributed by atoms with E-state index in [1.807, 2.05) is 182 Å². The summed E-state index contributed by atoms with van der Waals surface area (Å²) in [7, 11) is 0. The average molecular weight is 771 g/mol. The van der Waals surface area contributed by atoms with Crippen LogP contribution in [-0.4, -0.2) is 50.2 Å². The van der Waals surface area contributed by atoms with Crippen molar-refractivity contribution in [2.45, 2.75) is 81.1 Å². The summed E-state index contributed by atoms with van der Waals surface area (Å²) in [5.74, 6) is -1.11. The van der Waals surface area contributed by atoms with Crippen molar-refractivity contribution in [1.82, 2.24) is 4.90 Å². The number of aliphatic hydroxyl groups is 2. The van der Waals surface area contributed by atoms with Crippen molar-refractivity contribution in [1.29, 1.82) is 0 Å². The lowest BCUT2D eigenvalue weighted by molar-refractivity contribution is -0.175. The molecule has 7 rings (SSSR count). The highest BCUT2D eigenvalue weighted by atomic mass is 16.3. The van der Waals surface area contributed by atoms with Crippen LogP contribution in [0.2, 0.25) is 0 Å². The number of nitrogens with zero attached hydrogens (tertiary/aromatic N) is 1. The van der Waals surface area contributed by atoms with Gasteiger partial charge in [0, 0.05) is 25.7 Å². The van der Waals surface area contributed by atoms with Gasteiger partial charge in [0.05, 0.1) is 23.3 Å². The minimum absolute atomic E-state index is 0.210. The predicted octanol–water partition coefficient (Wildman–Crippen LogP) is 8.13. The van der Waals surface area contributed by atoms with Gasteiger partial charge < -0.3 is 20.8 Å². The van der Waals surface area contributed by atoms with Crippen LogP contribution >= 0.6 is 0 Å². The zero-order valence-electron chi connectivity index (χ0n) is 33.1. The van der Waals surface area contributed by atoms with Gasteiger partial charge in [0.1, 0.15) is 5.41 Å². The van der Waals surface area contributed by atoms with Gasteiger partial charge in [-0.05, 0) is 59.1 Å². The van der Waals surface area contributed by atoms with Gasteiger partial charge in [0.25, 0.3) is 0 Å². The molecule has 1 aliphatic rings. The minimum atomic E-state index is -1.59. The fraction of sp³-hybridized carbons (Fsp3) is 0.269. The highest BCUT2D eigenvalue weighted by molar-refractivity contribution is 6.05. The molecular formula is C52H54N2O4. The number of benzene rings is 6. The van der Waals surface area contributed by atoms with E-state index in [0.29, 0.717) is 19.3 Å². The van der Waals surface area contributed by atoms with Crippen LogP contribution in [-0.2, 0) is 48.1 Å². The second-order valence-corrected chi connectivity index (χ2v) is 16.3. The summed E-state index contributed by atoms with van der Waals surface area (Å²) in [5.41, 5.74) is 7.07. The van der Waals surface area contributed by atoms with Crippen molar-refractivity contribution < 1.29 is 19.8 Å². The lowest BCUT2D eigenvalue weighted by Gasteiger charge is -2.54. The first kappa shape index (κ1) is 40.4. The van der Waals surface area contributed by atoms with Gasteiger partial charge >= 0.3 is 0 Å². The number of hydrogen-bond donors (Lipinski definition) is 3. The van der Waals surface area contributed by atoms with Crippen molar-refractivity contribution in [2.75, 3.05) is 0 Å². The van der Waals surface area contributed by atoms with Crippen LogP contribution in [0.15, 0.2) is 182 Å². The number of hydrogen-bond acceptors (Lipinski definition) is 4. The highest BCUT2D eigenvalue weighted by Crippen LogP contribution is 2.46. The van der Waals surface area contributed by atoms with Crippen molar-refractivity contribution in [3.63, 3.8) is 0 Å². The van der Waals surface area contributed by atoms with Crippen LogP contribution in [0.4, 0.5) is 0 Å². The Morgan fingerprint density at radius 3 is 0.966 bits per heavy atom. The largest absolute Gasteiger partial charge is 0.387 e. The minimum Gasteiger partial charge on any atom is -0.387 e. The van der Waals surface area contributed by atoms with Crippen LogP contribution < -0.4 is 5.73 Å². The Balaban J connectivity index is 1.51. The summed E-state index contributed by atoms with van der Waals surface area (Å²) < 4.78 is 0. The summed E-state index contributed by atoms with van der Waals surface area (Å²) >= 11 is 0. The average Bonchev–Trinajstić information content (AvgIpc) is 3.22. The molecule has 0 bridgehead atoms. The Hall–Kier alpha value is -5.82. The van der Waals surface area contributed by atoms with Gasteiger partial charge in [-0.2, -0.15) is 0 Å². The van der Waals surface area contributed by atoms with E-state index in [2.05, 4.69) is 0 Å². The molecule has 1 aliphatic carbocycles. The van der Waals surface area contributed by atoms with E-state index in [9.17, 15) is 15.0 Å². The fourth-order valence-corrected chi connectivity index (χ4v) is 9.01. The maximum Gasteiger partial charge on any atom is 0.238 e. The summed E-state index contributed by atoms with van der Waals surface area (Å²) in [6.07, 6.45) is 2.64. The van der Waals surface area contributed by atoms with E-state index in [1.165, 1.54) is 0 Å². The predicted molar refractivity (Wildman–Crippen MR) is 231 cm³/mol. The number of carbonyl (C=O) groups excluding carboxylic acids is 2. The molecule has 4 N–H and O–H groups in total. The smallest absolute Gasteiger partial charge is 0.238 e. The maximum absolute atomic E-state index is 16.1. The third-order valence-corrected chi connectivity index (χ3v) is 12.2. The number of primary amides is 1. The summed E-state index contributed by atoms with van der Waals surface area (Å²) in [6, 6.07) is 57.5. The monoisotopic (exact) mass is 770 g/mol. The maximum atomic E-state index is 16.1. The van der Waals surface area contributed by atoms with Crippen LogP contribution in [0.3, 0.4) is 0 Å². The van der Waals surface area contributed by atoms with E-state index >= 15 is 4.79 Å². The van der Waals surface area contributed by atoms with Gasteiger partial charge in [-0.25, -0.2) is 0 Å². The summed E-state index contributed by atoms with van der Waals surface area (Å²) in [6.45, 7) is 0. The fourth-order valence-electron chi connectivity index (χ4n) is 9.01. The van der Waals surface area contributed by atoms with Crippen molar-refractivity contribution in [3.8, 4) is 0 Å². The number of nitrogens with two attached hydrogens (primary N) is 1. The molecule has 0 radical (unpaired) electrons. The first-order chi connectivity index (χ1) is 28.2. The summed E-state index contributed by atoms with van der Waals surface area (Å²) in [4.78, 5) is 31.5. The molecule has 1 fully saturated rings. The lowest BCUT2D eigenvalue weighted by atomic mass is 9.65. The SMILES string of the molecule is NC(=O)C1(C(=O)N(C(Cc2ccccc2)C(O)(Cc2ccccc2)Cc2ccccc2)C(Cc2ccccc2)C(O)(Cc2ccccc2)Cc2ccccc2)CCC1. The van der Waals surface area contributed by atoms with Gasteiger partial charge in [-0.15, -0.1) is 0 Å². The van der Waals surface area contributed by atoms with Crippen molar-refractivity contribution >= 4 is 11.8 Å². The van der Waals surface area contributed by atoms with Crippen molar-refractivity contribution in [3.05, 3.63) is 215 Å². The summed E-state index contributed by atoms with van der Waals surface area (Å²) in [5, 5.41) is 27.6. The van der Waals surface area contributed by atoms with Crippen LogP contribution in [0.1, 0.15) is 52.6 Å². The molecule has 58 heavy (non-hydrogen) atoms. The molecule has 6 nitrogen and oxygen atoms in total. The van der Waals surface area contributed by atoms with Gasteiger partial charge in [-0.1, -0.05) is 188 Å². The number of rotatable bonds is 18. The van der Waals surface area contributed by atoms with Gasteiger partial charge in [-0.3, -0.25) is 9.59 Å².